The number of hydrogen-bond donors (Lipinski definition) is 1. The summed E-state index contributed by atoms with van der Waals surface area (Å²) >= 11 is 2.11. The van der Waals surface area contributed by atoms with E-state index in [1.165, 1.54) is 0 Å². The van der Waals surface area contributed by atoms with E-state index in [4.69, 9.17) is 0 Å². The molecule has 0 bridgehead atoms. The second kappa shape index (κ2) is 4.09. The van der Waals surface area contributed by atoms with Gasteiger partial charge >= 0.3 is 0 Å². The minimum absolute atomic E-state index is 0.0692. The van der Waals surface area contributed by atoms with Gasteiger partial charge in [0.15, 0.2) is 5.78 Å². The first-order chi connectivity index (χ1) is 6.06. The van der Waals surface area contributed by atoms with Gasteiger partial charge < -0.3 is 5.11 Å². The molecule has 1 aromatic rings. The minimum atomic E-state index is 0.0692. The summed E-state index contributed by atoms with van der Waals surface area (Å²) in [7, 11) is 0. The van der Waals surface area contributed by atoms with Gasteiger partial charge in [-0.05, 0) is 47.2 Å². The number of carbonyl (C=O) groups is 1. The Bertz CT molecular complexity index is 345. The number of aryl methyl sites for hydroxylation is 1. The number of rotatable bonds is 2. The van der Waals surface area contributed by atoms with Gasteiger partial charge in [0, 0.05) is 15.6 Å². The molecule has 0 atom stereocenters. The predicted octanol–water partition coefficient (Wildman–Crippen LogP) is 2.90. The van der Waals surface area contributed by atoms with Crippen LogP contribution in [0.25, 0.3) is 0 Å². The minimum Gasteiger partial charge on any atom is -0.508 e. The Hall–Kier alpha value is -0.580. The highest BCUT2D eigenvalue weighted by molar-refractivity contribution is 14.1. The zero-order chi connectivity index (χ0) is 10.0. The molecule has 0 aromatic heterocycles. The Labute approximate surface area is 91.1 Å². The van der Waals surface area contributed by atoms with Crippen LogP contribution in [0.4, 0.5) is 0 Å². The first kappa shape index (κ1) is 10.5. The van der Waals surface area contributed by atoms with Gasteiger partial charge in [0.05, 0.1) is 0 Å². The number of ketones is 1. The molecule has 0 unspecified atom stereocenters. The summed E-state index contributed by atoms with van der Waals surface area (Å²) in [6.45, 7) is 3.63. The predicted molar refractivity (Wildman–Crippen MR) is 60.2 cm³/mol. The van der Waals surface area contributed by atoms with Gasteiger partial charge in [0.1, 0.15) is 5.75 Å². The first-order valence-electron chi connectivity index (χ1n) is 4.08. The second-order valence-electron chi connectivity index (χ2n) is 2.90. The lowest BCUT2D eigenvalue weighted by Crippen LogP contribution is -2.00. The maximum Gasteiger partial charge on any atom is 0.163 e. The summed E-state index contributed by atoms with van der Waals surface area (Å²) in [5.74, 6) is 0.261. The molecule has 0 aliphatic rings. The van der Waals surface area contributed by atoms with Crippen LogP contribution in [-0.2, 0) is 0 Å². The number of hydrogen-bond acceptors (Lipinski definition) is 2. The van der Waals surface area contributed by atoms with E-state index in [1.807, 2.05) is 19.9 Å². The number of carbonyl (C=O) groups excluding carboxylic acids is 1. The van der Waals surface area contributed by atoms with Crippen LogP contribution in [-0.4, -0.2) is 10.9 Å². The molecule has 0 fully saturated rings. The molecule has 3 heteroatoms. The summed E-state index contributed by atoms with van der Waals surface area (Å²) in [6.07, 6.45) is 0.471. The van der Waals surface area contributed by atoms with Crippen LogP contribution < -0.4 is 0 Å². The zero-order valence-electron chi connectivity index (χ0n) is 7.60. The molecule has 13 heavy (non-hydrogen) atoms. The Balaban J connectivity index is 3.23. The smallest absolute Gasteiger partial charge is 0.163 e. The molecule has 0 radical (unpaired) electrons. The van der Waals surface area contributed by atoms with Crippen molar-refractivity contribution in [2.75, 3.05) is 0 Å². The van der Waals surface area contributed by atoms with Gasteiger partial charge in [-0.2, -0.15) is 0 Å². The topological polar surface area (TPSA) is 37.3 Å². The third-order valence-electron chi connectivity index (χ3n) is 1.91. The molecule has 0 saturated heterocycles. The molecule has 1 aromatic carbocycles. The number of Topliss-reactive ketones (excluding diaryl/α,β-unsaturated/α-hetero) is 1. The highest BCUT2D eigenvalue weighted by Gasteiger charge is 2.10. The third-order valence-corrected chi connectivity index (χ3v) is 2.80. The Morgan fingerprint density at radius 2 is 2.15 bits per heavy atom. The van der Waals surface area contributed by atoms with Gasteiger partial charge in [-0.1, -0.05) is 6.92 Å². The monoisotopic (exact) mass is 290 g/mol. The zero-order valence-corrected chi connectivity index (χ0v) is 9.75. The lowest BCUT2D eigenvalue weighted by Gasteiger charge is -2.05. The van der Waals surface area contributed by atoms with Crippen molar-refractivity contribution >= 4 is 28.4 Å². The molecule has 70 valence electrons. The fraction of sp³-hybridized carbons (Fsp3) is 0.300. The lowest BCUT2D eigenvalue weighted by atomic mass is 10.1. The Morgan fingerprint density at radius 1 is 1.54 bits per heavy atom. The van der Waals surface area contributed by atoms with Crippen molar-refractivity contribution in [3.8, 4) is 5.75 Å². The number of benzene rings is 1. The third kappa shape index (κ3) is 2.21. The van der Waals surface area contributed by atoms with E-state index in [0.29, 0.717) is 12.0 Å². The number of phenols is 1. The Kier molecular flexibility index (Phi) is 3.30. The standard InChI is InChI=1S/C10H11IO2/c1-3-9(12)7-5-10(13)6(2)4-8(7)11/h4-5,13H,3H2,1-2H3. The largest absolute Gasteiger partial charge is 0.508 e. The average molecular weight is 290 g/mol. The van der Waals surface area contributed by atoms with Crippen molar-refractivity contribution in [3.05, 3.63) is 26.8 Å². The van der Waals surface area contributed by atoms with Crippen LogP contribution in [0.3, 0.4) is 0 Å². The molecule has 1 rings (SSSR count). The quantitative estimate of drug-likeness (QED) is 0.671. The number of phenolic OH excluding ortho intramolecular Hbond substituents is 1. The van der Waals surface area contributed by atoms with Gasteiger partial charge in [-0.3, -0.25) is 4.79 Å². The molecule has 1 N–H and O–H groups in total. The molecular weight excluding hydrogens is 279 g/mol. The summed E-state index contributed by atoms with van der Waals surface area (Å²) in [4.78, 5) is 11.4. The average Bonchev–Trinajstić information content (AvgIpc) is 2.10. The van der Waals surface area contributed by atoms with Crippen molar-refractivity contribution in [1.82, 2.24) is 0 Å². The molecule has 0 spiro atoms. The fourth-order valence-electron chi connectivity index (χ4n) is 1.07. The number of halogens is 1. The summed E-state index contributed by atoms with van der Waals surface area (Å²) in [5, 5.41) is 9.41. The fourth-order valence-corrected chi connectivity index (χ4v) is 1.99. The van der Waals surface area contributed by atoms with E-state index in [1.54, 1.807) is 6.07 Å². The van der Waals surface area contributed by atoms with Crippen LogP contribution in [0.5, 0.6) is 5.75 Å². The van der Waals surface area contributed by atoms with Crippen LogP contribution in [0.2, 0.25) is 0 Å². The van der Waals surface area contributed by atoms with E-state index in [2.05, 4.69) is 22.6 Å². The van der Waals surface area contributed by atoms with Gasteiger partial charge in [0.25, 0.3) is 0 Å². The van der Waals surface area contributed by atoms with Crippen molar-refractivity contribution in [2.45, 2.75) is 20.3 Å². The van der Waals surface area contributed by atoms with Crippen LogP contribution in [0.15, 0.2) is 12.1 Å². The first-order valence-corrected chi connectivity index (χ1v) is 5.16. The molecule has 0 saturated carbocycles. The summed E-state index contributed by atoms with van der Waals surface area (Å²) < 4.78 is 0.903. The van der Waals surface area contributed by atoms with E-state index in [-0.39, 0.29) is 11.5 Å². The van der Waals surface area contributed by atoms with E-state index in [9.17, 15) is 9.90 Å². The van der Waals surface area contributed by atoms with E-state index in [0.717, 1.165) is 9.13 Å². The van der Waals surface area contributed by atoms with Crippen LogP contribution in [0.1, 0.15) is 29.3 Å². The SMILES string of the molecule is CCC(=O)c1cc(O)c(C)cc1I. The highest BCUT2D eigenvalue weighted by atomic mass is 127. The lowest BCUT2D eigenvalue weighted by molar-refractivity contribution is 0.0987. The maximum atomic E-state index is 11.4. The van der Waals surface area contributed by atoms with Crippen molar-refractivity contribution < 1.29 is 9.90 Å². The van der Waals surface area contributed by atoms with Crippen molar-refractivity contribution in [2.24, 2.45) is 0 Å². The van der Waals surface area contributed by atoms with Gasteiger partial charge in [0.2, 0.25) is 0 Å². The molecule has 0 aliphatic heterocycles. The maximum absolute atomic E-state index is 11.4. The number of aromatic hydroxyl groups is 1. The molecule has 0 heterocycles. The summed E-state index contributed by atoms with van der Waals surface area (Å²) in [5.41, 5.74) is 1.42. The van der Waals surface area contributed by atoms with Crippen molar-refractivity contribution in [1.29, 1.82) is 0 Å². The van der Waals surface area contributed by atoms with E-state index < -0.39 is 0 Å². The van der Waals surface area contributed by atoms with Gasteiger partial charge in [-0.25, -0.2) is 0 Å². The van der Waals surface area contributed by atoms with E-state index >= 15 is 0 Å². The Morgan fingerprint density at radius 3 is 2.69 bits per heavy atom. The molecule has 0 aliphatic carbocycles. The second-order valence-corrected chi connectivity index (χ2v) is 4.06. The molecule has 2 nitrogen and oxygen atoms in total. The van der Waals surface area contributed by atoms with Crippen LogP contribution in [0, 0.1) is 10.5 Å². The molecule has 0 amide bonds. The normalized spacial score (nSPS) is 10.1. The molecular formula is C10H11IO2. The van der Waals surface area contributed by atoms with Crippen LogP contribution >= 0.6 is 22.6 Å². The highest BCUT2D eigenvalue weighted by Crippen LogP contribution is 2.23. The van der Waals surface area contributed by atoms with Gasteiger partial charge in [-0.15, -0.1) is 0 Å². The summed E-state index contributed by atoms with van der Waals surface area (Å²) in [6, 6.07) is 3.36. The van der Waals surface area contributed by atoms with Crippen molar-refractivity contribution in [3.63, 3.8) is 0 Å².